The number of thioether (sulfide) groups is 1. The molecule has 0 unspecified atom stereocenters. The Kier molecular flexibility index (Phi) is 4.81. The Hall–Kier alpha value is -2.73. The first kappa shape index (κ1) is 17.1. The molecule has 6 heteroatoms. The van der Waals surface area contributed by atoms with Gasteiger partial charge < -0.3 is 10.5 Å². The number of carbonyl (C=O) groups excluding carboxylic acids is 2. The monoisotopic (exact) mass is 354 g/mol. The lowest BCUT2D eigenvalue weighted by atomic mass is 10.1. The summed E-state index contributed by atoms with van der Waals surface area (Å²) in [5.41, 5.74) is 8.43. The van der Waals surface area contributed by atoms with Crippen LogP contribution in [-0.2, 0) is 4.79 Å². The fourth-order valence-electron chi connectivity index (χ4n) is 2.59. The zero-order valence-corrected chi connectivity index (χ0v) is 14.8. The maximum Gasteiger partial charge on any atom is 0.298 e. The minimum absolute atomic E-state index is 0.332. The molecule has 1 fully saturated rings. The second-order valence-corrected chi connectivity index (χ2v) is 6.45. The van der Waals surface area contributed by atoms with E-state index >= 15 is 0 Å². The summed E-state index contributed by atoms with van der Waals surface area (Å²) in [6, 6.07) is 14.3. The molecule has 1 saturated heterocycles. The Labute approximate surface area is 150 Å². The molecule has 0 aromatic heterocycles. The summed E-state index contributed by atoms with van der Waals surface area (Å²) in [6.45, 7) is 4.14. The number of nitrogens with zero attached hydrogens (tertiary/aromatic N) is 1. The van der Waals surface area contributed by atoms with Crippen LogP contribution in [0, 0.1) is 0 Å². The summed E-state index contributed by atoms with van der Waals surface area (Å²) in [6.07, 6.45) is 0. The van der Waals surface area contributed by atoms with Crippen molar-refractivity contribution in [3.63, 3.8) is 0 Å². The van der Waals surface area contributed by atoms with E-state index in [9.17, 15) is 9.59 Å². The standard InChI is InChI=1S/C19H18N2O3S/c1-3-24-16-7-5-4-6-15(16)21-18(22)17(25-19(21)23)12(2)13-8-10-14(20)11-9-13/h4-11H,3,20H2,1-2H3/b17-12-. The number of hydrogen-bond donors (Lipinski definition) is 1. The van der Waals surface area contributed by atoms with Gasteiger partial charge in [0.15, 0.2) is 0 Å². The van der Waals surface area contributed by atoms with Crippen molar-refractivity contribution in [3.05, 3.63) is 59.0 Å². The fraction of sp³-hybridized carbons (Fsp3) is 0.158. The molecule has 1 heterocycles. The lowest BCUT2D eigenvalue weighted by Gasteiger charge is -2.17. The Bertz CT molecular complexity index is 859. The molecule has 0 atom stereocenters. The normalized spacial score (nSPS) is 16.3. The van der Waals surface area contributed by atoms with Gasteiger partial charge in [-0.25, -0.2) is 4.90 Å². The molecule has 0 bridgehead atoms. The number of hydrogen-bond acceptors (Lipinski definition) is 5. The first-order valence-corrected chi connectivity index (χ1v) is 8.69. The van der Waals surface area contributed by atoms with E-state index in [1.807, 2.05) is 32.0 Å². The number of para-hydroxylation sites is 2. The molecule has 25 heavy (non-hydrogen) atoms. The van der Waals surface area contributed by atoms with E-state index in [4.69, 9.17) is 10.5 Å². The highest BCUT2D eigenvalue weighted by Crippen LogP contribution is 2.41. The second kappa shape index (κ2) is 7.03. The minimum Gasteiger partial charge on any atom is -0.492 e. The summed E-state index contributed by atoms with van der Waals surface area (Å²) in [4.78, 5) is 27.0. The number of ether oxygens (including phenoxy) is 1. The highest BCUT2D eigenvalue weighted by molar-refractivity contribution is 8.19. The maximum atomic E-state index is 12.9. The van der Waals surface area contributed by atoms with Gasteiger partial charge in [-0.1, -0.05) is 24.3 Å². The quantitative estimate of drug-likeness (QED) is 0.655. The molecule has 3 rings (SSSR count). The summed E-state index contributed by atoms with van der Waals surface area (Å²) in [7, 11) is 0. The van der Waals surface area contributed by atoms with Gasteiger partial charge in [0.1, 0.15) is 5.75 Å². The maximum absolute atomic E-state index is 12.9. The molecule has 5 nitrogen and oxygen atoms in total. The number of anilines is 2. The van der Waals surface area contributed by atoms with Crippen molar-refractivity contribution >= 4 is 39.9 Å². The van der Waals surface area contributed by atoms with Crippen LogP contribution in [0.5, 0.6) is 5.75 Å². The number of benzene rings is 2. The topological polar surface area (TPSA) is 72.6 Å². The first-order valence-electron chi connectivity index (χ1n) is 7.87. The van der Waals surface area contributed by atoms with Crippen molar-refractivity contribution in [1.82, 2.24) is 0 Å². The van der Waals surface area contributed by atoms with Crippen molar-refractivity contribution in [2.75, 3.05) is 17.2 Å². The van der Waals surface area contributed by atoms with Crippen LogP contribution in [0.4, 0.5) is 16.2 Å². The Morgan fingerprint density at radius 3 is 2.48 bits per heavy atom. The van der Waals surface area contributed by atoms with Crippen LogP contribution in [0.25, 0.3) is 5.57 Å². The van der Waals surface area contributed by atoms with E-state index in [1.165, 1.54) is 4.90 Å². The number of rotatable bonds is 4. The van der Waals surface area contributed by atoms with Gasteiger partial charge in [-0.05, 0) is 61.0 Å². The molecule has 1 aliphatic heterocycles. The molecule has 2 amide bonds. The van der Waals surface area contributed by atoms with E-state index in [0.29, 0.717) is 28.6 Å². The first-order chi connectivity index (χ1) is 12.0. The highest BCUT2D eigenvalue weighted by Gasteiger charge is 2.39. The highest BCUT2D eigenvalue weighted by atomic mass is 32.2. The van der Waals surface area contributed by atoms with Gasteiger partial charge in [0.25, 0.3) is 11.1 Å². The van der Waals surface area contributed by atoms with Crippen molar-refractivity contribution in [1.29, 1.82) is 0 Å². The molecular formula is C19H18N2O3S. The van der Waals surface area contributed by atoms with Crippen molar-refractivity contribution < 1.29 is 14.3 Å². The van der Waals surface area contributed by atoms with E-state index < -0.39 is 0 Å². The van der Waals surface area contributed by atoms with Gasteiger partial charge in [0.2, 0.25) is 0 Å². The van der Waals surface area contributed by atoms with Crippen molar-refractivity contribution in [3.8, 4) is 5.75 Å². The van der Waals surface area contributed by atoms with Gasteiger partial charge >= 0.3 is 0 Å². The van der Waals surface area contributed by atoms with Crippen molar-refractivity contribution in [2.45, 2.75) is 13.8 Å². The van der Waals surface area contributed by atoms with E-state index in [1.54, 1.807) is 30.3 Å². The summed E-state index contributed by atoms with van der Waals surface area (Å²) < 4.78 is 5.55. The molecule has 0 radical (unpaired) electrons. The third-order valence-corrected chi connectivity index (χ3v) is 4.90. The molecule has 0 aliphatic carbocycles. The number of nitrogens with two attached hydrogens (primary N) is 1. The van der Waals surface area contributed by atoms with Gasteiger partial charge in [0.05, 0.1) is 17.2 Å². The molecule has 1 aliphatic rings. The SMILES string of the molecule is CCOc1ccccc1N1C(=O)S/C(=C(/C)c2ccc(N)cc2)C1=O. The largest absolute Gasteiger partial charge is 0.492 e. The summed E-state index contributed by atoms with van der Waals surface area (Å²) in [5.74, 6) is 0.176. The fourth-order valence-corrected chi connectivity index (χ4v) is 3.49. The average molecular weight is 354 g/mol. The predicted molar refractivity (Wildman–Crippen MR) is 102 cm³/mol. The Morgan fingerprint density at radius 2 is 1.80 bits per heavy atom. The summed E-state index contributed by atoms with van der Waals surface area (Å²) in [5, 5.41) is -0.332. The molecule has 0 saturated carbocycles. The van der Waals surface area contributed by atoms with Gasteiger partial charge in [0, 0.05) is 5.69 Å². The summed E-state index contributed by atoms with van der Waals surface area (Å²) >= 11 is 0.941. The van der Waals surface area contributed by atoms with Crippen LogP contribution >= 0.6 is 11.8 Å². The molecular weight excluding hydrogens is 336 g/mol. The molecule has 2 aromatic carbocycles. The zero-order chi connectivity index (χ0) is 18.0. The van der Waals surface area contributed by atoms with Gasteiger partial charge in [-0.2, -0.15) is 0 Å². The average Bonchev–Trinajstić information content (AvgIpc) is 2.90. The van der Waals surface area contributed by atoms with Gasteiger partial charge in [-0.3, -0.25) is 9.59 Å². The smallest absolute Gasteiger partial charge is 0.298 e. The van der Waals surface area contributed by atoms with E-state index in [2.05, 4.69) is 0 Å². The zero-order valence-electron chi connectivity index (χ0n) is 14.0. The minimum atomic E-state index is -0.337. The molecule has 2 aromatic rings. The Balaban J connectivity index is 2.01. The van der Waals surface area contributed by atoms with Crippen LogP contribution in [0.1, 0.15) is 19.4 Å². The van der Waals surface area contributed by atoms with Gasteiger partial charge in [-0.15, -0.1) is 0 Å². The van der Waals surface area contributed by atoms with Crippen LogP contribution in [0.3, 0.4) is 0 Å². The molecule has 128 valence electrons. The number of allylic oxidation sites excluding steroid dienone is 1. The Morgan fingerprint density at radius 1 is 1.12 bits per heavy atom. The van der Waals surface area contributed by atoms with E-state index in [0.717, 1.165) is 22.9 Å². The van der Waals surface area contributed by atoms with E-state index in [-0.39, 0.29) is 11.1 Å². The molecule has 0 spiro atoms. The lowest BCUT2D eigenvalue weighted by Crippen LogP contribution is -2.28. The third kappa shape index (κ3) is 3.25. The predicted octanol–water partition coefficient (Wildman–Crippen LogP) is 4.30. The van der Waals surface area contributed by atoms with Crippen LogP contribution in [0.15, 0.2) is 53.4 Å². The molecule has 2 N–H and O–H groups in total. The number of imide groups is 1. The number of amides is 2. The number of nitrogen functional groups attached to an aromatic ring is 1. The van der Waals surface area contributed by atoms with Crippen LogP contribution in [0.2, 0.25) is 0 Å². The van der Waals surface area contributed by atoms with Crippen LogP contribution < -0.4 is 15.4 Å². The second-order valence-electron chi connectivity index (χ2n) is 5.49. The lowest BCUT2D eigenvalue weighted by molar-refractivity contribution is -0.113. The third-order valence-electron chi connectivity index (χ3n) is 3.86. The van der Waals surface area contributed by atoms with Crippen LogP contribution in [-0.4, -0.2) is 17.8 Å². The number of carbonyl (C=O) groups is 2. The van der Waals surface area contributed by atoms with Crippen molar-refractivity contribution in [2.24, 2.45) is 0 Å².